The van der Waals surface area contributed by atoms with Crippen LogP contribution >= 0.6 is 0 Å². The molecule has 1 aliphatic rings. The Hall–Kier alpha value is -3.73. The zero-order valence-corrected chi connectivity index (χ0v) is 17.5. The van der Waals surface area contributed by atoms with Crippen LogP contribution in [0.25, 0.3) is 5.57 Å². The highest BCUT2D eigenvalue weighted by Crippen LogP contribution is 2.32. The predicted molar refractivity (Wildman–Crippen MR) is 120 cm³/mol. The monoisotopic (exact) mass is 414 g/mol. The molecule has 0 aliphatic carbocycles. The van der Waals surface area contributed by atoms with Crippen molar-refractivity contribution in [3.05, 3.63) is 107 Å². The number of benzene rings is 3. The minimum atomic E-state index is -0.397. The molecule has 0 unspecified atom stereocenters. The van der Waals surface area contributed by atoms with E-state index in [0.29, 0.717) is 12.0 Å². The van der Waals surface area contributed by atoms with Gasteiger partial charge in [-0.15, -0.1) is 0 Å². The molecule has 4 rings (SSSR count). The first-order valence-electron chi connectivity index (χ1n) is 10.2. The van der Waals surface area contributed by atoms with E-state index >= 15 is 0 Å². The summed E-state index contributed by atoms with van der Waals surface area (Å²) in [4.78, 5) is 27.9. The summed E-state index contributed by atoms with van der Waals surface area (Å²) in [7, 11) is 0. The van der Waals surface area contributed by atoms with Gasteiger partial charge in [-0.3, -0.25) is 14.5 Å². The topological polar surface area (TPSA) is 49.4 Å². The second-order valence-corrected chi connectivity index (χ2v) is 7.63. The summed E-state index contributed by atoms with van der Waals surface area (Å²) in [5.41, 5.74) is 4.87. The third-order valence-corrected chi connectivity index (χ3v) is 5.63. The molecule has 0 bridgehead atoms. The second kappa shape index (κ2) is 8.56. The van der Waals surface area contributed by atoms with Crippen molar-refractivity contribution in [3.63, 3.8) is 0 Å². The molecule has 2 amide bonds. The highest BCUT2D eigenvalue weighted by Gasteiger charge is 2.39. The van der Waals surface area contributed by atoms with Crippen LogP contribution in [-0.2, 0) is 16.0 Å². The standard InChI is InChI=1S/C26H23FN2O2/c1-17-7-6-10-22(18(17)2)28-24-23(20-11-13-21(27)14-12-20)25(30)29(26(24)31)16-15-19-8-4-3-5-9-19/h3-14,28H,15-16H2,1-2H3. The molecule has 0 spiro atoms. The Morgan fingerprint density at radius 2 is 1.55 bits per heavy atom. The van der Waals surface area contributed by atoms with Gasteiger partial charge in [-0.1, -0.05) is 54.6 Å². The summed E-state index contributed by atoms with van der Waals surface area (Å²) in [5, 5.41) is 3.20. The number of hydrogen-bond acceptors (Lipinski definition) is 3. The van der Waals surface area contributed by atoms with Crippen LogP contribution in [-0.4, -0.2) is 23.3 Å². The molecule has 0 radical (unpaired) electrons. The summed E-state index contributed by atoms with van der Waals surface area (Å²) in [6.07, 6.45) is 0.561. The van der Waals surface area contributed by atoms with E-state index in [2.05, 4.69) is 5.32 Å². The van der Waals surface area contributed by atoms with Gasteiger partial charge in [0, 0.05) is 12.2 Å². The summed E-state index contributed by atoms with van der Waals surface area (Å²) in [6.45, 7) is 4.22. The van der Waals surface area contributed by atoms with Crippen molar-refractivity contribution in [2.45, 2.75) is 20.3 Å². The molecule has 0 aromatic heterocycles. The van der Waals surface area contributed by atoms with Gasteiger partial charge in [-0.05, 0) is 60.7 Å². The third kappa shape index (κ3) is 4.12. The molecule has 1 N–H and O–H groups in total. The van der Waals surface area contributed by atoms with E-state index < -0.39 is 5.82 Å². The largest absolute Gasteiger partial charge is 0.350 e. The SMILES string of the molecule is Cc1cccc(NC2=C(c3ccc(F)cc3)C(=O)N(CCc3ccccc3)C2=O)c1C. The highest BCUT2D eigenvalue weighted by atomic mass is 19.1. The van der Waals surface area contributed by atoms with Gasteiger partial charge in [-0.2, -0.15) is 0 Å². The Kier molecular flexibility index (Phi) is 5.67. The maximum Gasteiger partial charge on any atom is 0.278 e. The Labute approximate surface area is 181 Å². The lowest BCUT2D eigenvalue weighted by Crippen LogP contribution is -2.34. The average molecular weight is 414 g/mol. The number of carbonyl (C=O) groups excluding carboxylic acids is 2. The van der Waals surface area contributed by atoms with E-state index in [4.69, 9.17) is 0 Å². The normalized spacial score (nSPS) is 13.8. The molecule has 31 heavy (non-hydrogen) atoms. The number of nitrogens with zero attached hydrogens (tertiary/aromatic N) is 1. The van der Waals surface area contributed by atoms with Gasteiger partial charge in [0.25, 0.3) is 11.8 Å². The van der Waals surface area contributed by atoms with E-state index in [1.54, 1.807) is 0 Å². The van der Waals surface area contributed by atoms with Gasteiger partial charge >= 0.3 is 0 Å². The summed E-state index contributed by atoms with van der Waals surface area (Å²) >= 11 is 0. The molecule has 0 saturated carbocycles. The smallest absolute Gasteiger partial charge is 0.278 e. The fraction of sp³-hybridized carbons (Fsp3) is 0.154. The molecule has 5 heteroatoms. The molecule has 1 aliphatic heterocycles. The average Bonchev–Trinajstić information content (AvgIpc) is 3.00. The third-order valence-electron chi connectivity index (χ3n) is 5.63. The number of nitrogens with one attached hydrogen (secondary N) is 1. The second-order valence-electron chi connectivity index (χ2n) is 7.63. The molecule has 3 aromatic rings. The summed E-state index contributed by atoms with van der Waals surface area (Å²) < 4.78 is 13.5. The zero-order chi connectivity index (χ0) is 22.0. The van der Waals surface area contributed by atoms with E-state index in [9.17, 15) is 14.0 Å². The van der Waals surface area contributed by atoms with Gasteiger partial charge in [0.1, 0.15) is 11.5 Å². The molecule has 0 saturated heterocycles. The van der Waals surface area contributed by atoms with Crippen LogP contribution in [0.3, 0.4) is 0 Å². The fourth-order valence-corrected chi connectivity index (χ4v) is 3.69. The summed E-state index contributed by atoms with van der Waals surface area (Å²) in [5.74, 6) is -1.15. The maximum atomic E-state index is 13.5. The number of anilines is 1. The minimum Gasteiger partial charge on any atom is -0.350 e. The van der Waals surface area contributed by atoms with Crippen LogP contribution in [0.5, 0.6) is 0 Å². The van der Waals surface area contributed by atoms with Crippen molar-refractivity contribution in [2.24, 2.45) is 0 Å². The van der Waals surface area contributed by atoms with E-state index in [1.807, 2.05) is 62.4 Å². The first-order chi connectivity index (χ1) is 15.0. The molecule has 3 aromatic carbocycles. The van der Waals surface area contributed by atoms with Crippen molar-refractivity contribution < 1.29 is 14.0 Å². The van der Waals surface area contributed by atoms with Crippen LogP contribution in [0.1, 0.15) is 22.3 Å². The number of hydrogen-bond donors (Lipinski definition) is 1. The first-order valence-corrected chi connectivity index (χ1v) is 10.2. The summed E-state index contributed by atoms with van der Waals surface area (Å²) in [6, 6.07) is 21.1. The van der Waals surface area contributed by atoms with Crippen LogP contribution in [0.15, 0.2) is 78.5 Å². The number of aryl methyl sites for hydroxylation is 1. The number of rotatable bonds is 6. The Bertz CT molecular complexity index is 1170. The van der Waals surface area contributed by atoms with Gasteiger partial charge in [0.05, 0.1) is 5.57 Å². The van der Waals surface area contributed by atoms with E-state index in [0.717, 1.165) is 22.4 Å². The maximum absolute atomic E-state index is 13.5. The fourth-order valence-electron chi connectivity index (χ4n) is 3.69. The lowest BCUT2D eigenvalue weighted by molar-refractivity contribution is -0.136. The molecular formula is C26H23FN2O2. The number of carbonyl (C=O) groups is 2. The van der Waals surface area contributed by atoms with Gasteiger partial charge < -0.3 is 5.32 Å². The van der Waals surface area contributed by atoms with E-state index in [-0.39, 0.29) is 29.6 Å². The minimum absolute atomic E-state index is 0.221. The van der Waals surface area contributed by atoms with E-state index in [1.165, 1.54) is 29.2 Å². The molecule has 1 heterocycles. The van der Waals surface area contributed by atoms with Crippen LogP contribution in [0.4, 0.5) is 10.1 Å². The Balaban J connectivity index is 1.70. The van der Waals surface area contributed by atoms with Crippen LogP contribution in [0.2, 0.25) is 0 Å². The van der Waals surface area contributed by atoms with Crippen molar-refractivity contribution in [1.29, 1.82) is 0 Å². The predicted octanol–water partition coefficient (Wildman–Crippen LogP) is 4.88. The highest BCUT2D eigenvalue weighted by molar-refractivity contribution is 6.36. The first kappa shape index (κ1) is 20.5. The lowest BCUT2D eigenvalue weighted by atomic mass is 10.0. The quantitative estimate of drug-likeness (QED) is 0.585. The van der Waals surface area contributed by atoms with Crippen molar-refractivity contribution in [3.8, 4) is 0 Å². The van der Waals surface area contributed by atoms with Crippen molar-refractivity contribution >= 4 is 23.1 Å². The molecule has 0 atom stereocenters. The van der Waals surface area contributed by atoms with Crippen LogP contribution in [0, 0.1) is 19.7 Å². The van der Waals surface area contributed by atoms with Gasteiger partial charge in [0.2, 0.25) is 0 Å². The lowest BCUT2D eigenvalue weighted by Gasteiger charge is -2.16. The van der Waals surface area contributed by atoms with Crippen LogP contribution < -0.4 is 5.32 Å². The Morgan fingerprint density at radius 3 is 2.26 bits per heavy atom. The molecule has 4 nitrogen and oxygen atoms in total. The van der Waals surface area contributed by atoms with Crippen molar-refractivity contribution in [1.82, 2.24) is 4.90 Å². The zero-order valence-electron chi connectivity index (χ0n) is 17.5. The molecular weight excluding hydrogens is 391 g/mol. The number of amides is 2. The van der Waals surface area contributed by atoms with Crippen molar-refractivity contribution in [2.75, 3.05) is 11.9 Å². The Morgan fingerprint density at radius 1 is 0.839 bits per heavy atom. The van der Waals surface area contributed by atoms with Gasteiger partial charge in [0.15, 0.2) is 0 Å². The number of imide groups is 1. The van der Waals surface area contributed by atoms with Gasteiger partial charge in [-0.25, -0.2) is 4.39 Å². The molecule has 156 valence electrons. The molecule has 0 fully saturated rings. The number of halogens is 1.